The molecule has 0 aliphatic heterocycles. The van der Waals surface area contributed by atoms with E-state index in [1.54, 1.807) is 6.07 Å². The first-order valence-electron chi connectivity index (χ1n) is 5.79. The fourth-order valence-electron chi connectivity index (χ4n) is 2.02. The highest BCUT2D eigenvalue weighted by Crippen LogP contribution is 2.47. The highest BCUT2D eigenvalue weighted by atomic mass is 35.5. The van der Waals surface area contributed by atoms with Gasteiger partial charge in [0.05, 0.1) is 0 Å². The number of hydrogen-bond acceptors (Lipinski definition) is 1. The van der Waals surface area contributed by atoms with E-state index in [1.807, 2.05) is 12.1 Å². The molecule has 0 amide bonds. The van der Waals surface area contributed by atoms with Crippen LogP contribution in [0, 0.1) is 5.41 Å². The fourth-order valence-corrected chi connectivity index (χ4v) is 2.59. The largest absolute Gasteiger partial charge is 0.312 e. The van der Waals surface area contributed by atoms with E-state index in [1.165, 1.54) is 19.3 Å². The lowest BCUT2D eigenvalue weighted by atomic mass is 10.0. The third-order valence-electron chi connectivity index (χ3n) is 3.46. The van der Waals surface area contributed by atoms with Crippen molar-refractivity contribution in [3.05, 3.63) is 33.8 Å². The lowest BCUT2D eigenvalue weighted by Gasteiger charge is -2.13. The molecule has 3 heteroatoms. The number of hydrogen-bond donors (Lipinski definition) is 1. The van der Waals surface area contributed by atoms with Gasteiger partial charge in [0.15, 0.2) is 0 Å². The van der Waals surface area contributed by atoms with Crippen molar-refractivity contribution in [3.63, 3.8) is 0 Å². The molecule has 0 heterocycles. The van der Waals surface area contributed by atoms with E-state index in [0.717, 1.165) is 18.7 Å². The average molecular weight is 258 g/mol. The summed E-state index contributed by atoms with van der Waals surface area (Å²) in [5.74, 6) is 0. The molecule has 0 radical (unpaired) electrons. The topological polar surface area (TPSA) is 12.0 Å². The second-order valence-electron chi connectivity index (χ2n) is 4.73. The van der Waals surface area contributed by atoms with Crippen LogP contribution < -0.4 is 5.32 Å². The van der Waals surface area contributed by atoms with Gasteiger partial charge < -0.3 is 5.32 Å². The summed E-state index contributed by atoms with van der Waals surface area (Å²) >= 11 is 11.9. The molecule has 1 saturated carbocycles. The molecule has 1 N–H and O–H groups in total. The van der Waals surface area contributed by atoms with Crippen molar-refractivity contribution >= 4 is 23.2 Å². The van der Waals surface area contributed by atoms with Crippen LogP contribution in [0.15, 0.2) is 18.2 Å². The molecule has 16 heavy (non-hydrogen) atoms. The first kappa shape index (κ1) is 12.2. The lowest BCUT2D eigenvalue weighted by molar-refractivity contribution is 0.443. The van der Waals surface area contributed by atoms with Crippen LogP contribution in [0.1, 0.15) is 31.7 Å². The van der Waals surface area contributed by atoms with Crippen LogP contribution in [0.4, 0.5) is 0 Å². The molecule has 1 aromatic rings. The molecule has 0 saturated heterocycles. The molecule has 88 valence electrons. The summed E-state index contributed by atoms with van der Waals surface area (Å²) in [5.41, 5.74) is 1.74. The Morgan fingerprint density at radius 2 is 1.81 bits per heavy atom. The maximum Gasteiger partial charge on any atom is 0.0424 e. The summed E-state index contributed by atoms with van der Waals surface area (Å²) in [4.78, 5) is 0. The predicted octanol–water partition coefficient (Wildman–Crippen LogP) is 4.27. The molecule has 1 nitrogen and oxygen atoms in total. The van der Waals surface area contributed by atoms with Crippen molar-refractivity contribution < 1.29 is 0 Å². The van der Waals surface area contributed by atoms with Gasteiger partial charge in [0.25, 0.3) is 0 Å². The van der Waals surface area contributed by atoms with Crippen molar-refractivity contribution in [2.24, 2.45) is 5.41 Å². The Balaban J connectivity index is 1.85. The van der Waals surface area contributed by atoms with Crippen molar-refractivity contribution in [2.45, 2.75) is 32.7 Å². The summed E-state index contributed by atoms with van der Waals surface area (Å²) in [6, 6.07) is 5.69. The number of halogens is 2. The third kappa shape index (κ3) is 3.13. The second-order valence-corrected chi connectivity index (χ2v) is 5.61. The third-order valence-corrected chi connectivity index (χ3v) is 3.90. The Morgan fingerprint density at radius 3 is 2.31 bits per heavy atom. The van der Waals surface area contributed by atoms with Gasteiger partial charge in [-0.2, -0.15) is 0 Å². The van der Waals surface area contributed by atoms with E-state index in [2.05, 4.69) is 12.2 Å². The van der Waals surface area contributed by atoms with Crippen LogP contribution in [-0.2, 0) is 6.54 Å². The van der Waals surface area contributed by atoms with Crippen molar-refractivity contribution in [2.75, 3.05) is 6.54 Å². The van der Waals surface area contributed by atoms with Crippen molar-refractivity contribution in [3.8, 4) is 0 Å². The summed E-state index contributed by atoms with van der Waals surface area (Å²) in [5, 5.41) is 4.91. The summed E-state index contributed by atoms with van der Waals surface area (Å²) in [7, 11) is 0. The minimum atomic E-state index is 0.586. The van der Waals surface area contributed by atoms with E-state index in [-0.39, 0.29) is 0 Å². The Morgan fingerprint density at radius 1 is 1.19 bits per heavy atom. The van der Waals surface area contributed by atoms with E-state index in [9.17, 15) is 0 Å². The van der Waals surface area contributed by atoms with Gasteiger partial charge in [-0.15, -0.1) is 0 Å². The molecule has 0 unspecified atom stereocenters. The van der Waals surface area contributed by atoms with Crippen LogP contribution >= 0.6 is 23.2 Å². The Bertz CT molecular complexity index is 352. The van der Waals surface area contributed by atoms with Gasteiger partial charge in [0, 0.05) is 23.1 Å². The van der Waals surface area contributed by atoms with E-state index < -0.39 is 0 Å². The minimum Gasteiger partial charge on any atom is -0.312 e. The molecule has 0 atom stereocenters. The highest BCUT2D eigenvalue weighted by Gasteiger charge is 2.39. The predicted molar refractivity (Wildman–Crippen MR) is 70.1 cm³/mol. The fraction of sp³-hybridized carbons (Fsp3) is 0.538. The van der Waals surface area contributed by atoms with E-state index in [4.69, 9.17) is 23.2 Å². The average Bonchev–Trinajstić information content (AvgIpc) is 2.97. The van der Waals surface area contributed by atoms with Crippen LogP contribution in [0.2, 0.25) is 10.0 Å². The maximum atomic E-state index is 5.95. The standard InChI is InChI=1S/C13H17Cl2N/c1-2-13(3-4-13)9-16-8-10-5-11(14)7-12(15)6-10/h5-7,16H,2-4,8-9H2,1H3. The van der Waals surface area contributed by atoms with Gasteiger partial charge in [-0.05, 0) is 48.4 Å². The van der Waals surface area contributed by atoms with Crippen LogP contribution in [0.25, 0.3) is 0 Å². The Hall–Kier alpha value is -0.240. The van der Waals surface area contributed by atoms with Gasteiger partial charge in [-0.1, -0.05) is 30.1 Å². The lowest BCUT2D eigenvalue weighted by Crippen LogP contribution is -2.23. The quantitative estimate of drug-likeness (QED) is 0.831. The van der Waals surface area contributed by atoms with Crippen LogP contribution in [0.3, 0.4) is 0 Å². The zero-order valence-electron chi connectivity index (χ0n) is 9.52. The molecular weight excluding hydrogens is 241 g/mol. The molecule has 0 spiro atoms. The van der Waals surface area contributed by atoms with Gasteiger partial charge in [0.1, 0.15) is 0 Å². The molecule has 1 aromatic carbocycles. The normalized spacial score (nSPS) is 17.4. The number of rotatable bonds is 5. The van der Waals surface area contributed by atoms with Gasteiger partial charge in [-0.25, -0.2) is 0 Å². The van der Waals surface area contributed by atoms with Gasteiger partial charge >= 0.3 is 0 Å². The molecule has 1 aliphatic rings. The molecule has 0 aromatic heterocycles. The van der Waals surface area contributed by atoms with Crippen LogP contribution in [-0.4, -0.2) is 6.54 Å². The first-order valence-corrected chi connectivity index (χ1v) is 6.55. The molecule has 2 rings (SSSR count). The smallest absolute Gasteiger partial charge is 0.0424 e. The summed E-state index contributed by atoms with van der Waals surface area (Å²) < 4.78 is 0. The van der Waals surface area contributed by atoms with Crippen molar-refractivity contribution in [1.82, 2.24) is 5.32 Å². The van der Waals surface area contributed by atoms with Gasteiger partial charge in [0.2, 0.25) is 0 Å². The molecule has 1 aliphatic carbocycles. The van der Waals surface area contributed by atoms with Gasteiger partial charge in [-0.3, -0.25) is 0 Å². The van der Waals surface area contributed by atoms with Crippen molar-refractivity contribution in [1.29, 1.82) is 0 Å². The SMILES string of the molecule is CCC1(CNCc2cc(Cl)cc(Cl)c2)CC1. The molecular formula is C13H17Cl2N. The first-order chi connectivity index (χ1) is 7.63. The Labute approximate surface area is 107 Å². The second kappa shape index (κ2) is 4.95. The van der Waals surface area contributed by atoms with E-state index in [0.29, 0.717) is 15.5 Å². The Kier molecular flexibility index (Phi) is 3.78. The van der Waals surface area contributed by atoms with E-state index >= 15 is 0 Å². The highest BCUT2D eigenvalue weighted by molar-refractivity contribution is 6.34. The van der Waals surface area contributed by atoms with Crippen LogP contribution in [0.5, 0.6) is 0 Å². The number of nitrogens with one attached hydrogen (secondary N) is 1. The maximum absolute atomic E-state index is 5.95. The molecule has 1 fully saturated rings. The number of benzene rings is 1. The zero-order chi connectivity index (χ0) is 11.6. The summed E-state index contributed by atoms with van der Waals surface area (Å²) in [6.07, 6.45) is 4.01. The summed E-state index contributed by atoms with van der Waals surface area (Å²) in [6.45, 7) is 4.22. The minimum absolute atomic E-state index is 0.586. The zero-order valence-corrected chi connectivity index (χ0v) is 11.0. The molecule has 0 bridgehead atoms. The monoisotopic (exact) mass is 257 g/mol.